The minimum Gasteiger partial charge on any atom is -0.481 e. The van der Waals surface area contributed by atoms with Crippen molar-refractivity contribution >= 4 is 29.1 Å². The number of nitrogens with two attached hydrogens (primary N) is 1. The van der Waals surface area contributed by atoms with E-state index >= 15 is 0 Å². The molecule has 110 valence electrons. The van der Waals surface area contributed by atoms with Gasteiger partial charge in [-0.15, -0.1) is 0 Å². The Bertz CT molecular complexity index is 644. The Balaban J connectivity index is 2.07. The molecule has 0 aliphatic heterocycles. The number of benzene rings is 2. The molecular formula is C15H13Cl2NO3. The van der Waals surface area contributed by atoms with E-state index in [1.165, 1.54) is 0 Å². The van der Waals surface area contributed by atoms with Crippen molar-refractivity contribution in [1.29, 1.82) is 0 Å². The summed E-state index contributed by atoms with van der Waals surface area (Å²) in [4.78, 5) is 10.9. The monoisotopic (exact) mass is 325 g/mol. The second-order valence-corrected chi connectivity index (χ2v) is 5.15. The van der Waals surface area contributed by atoms with Crippen molar-refractivity contribution in [2.24, 2.45) is 5.73 Å². The van der Waals surface area contributed by atoms with E-state index in [4.69, 9.17) is 38.4 Å². The summed E-state index contributed by atoms with van der Waals surface area (Å²) in [6, 6.07) is 11.7. The number of amides is 1. The Labute approximate surface area is 132 Å². The topological polar surface area (TPSA) is 61.6 Å². The van der Waals surface area contributed by atoms with Crippen LogP contribution in [0.1, 0.15) is 6.92 Å². The highest BCUT2D eigenvalue weighted by Crippen LogP contribution is 2.32. The van der Waals surface area contributed by atoms with Gasteiger partial charge in [0.1, 0.15) is 17.2 Å². The first-order valence-electron chi connectivity index (χ1n) is 6.14. The predicted octanol–water partition coefficient (Wildman–Crippen LogP) is 4.04. The van der Waals surface area contributed by atoms with E-state index in [2.05, 4.69) is 0 Å². The average Bonchev–Trinajstić information content (AvgIpc) is 2.43. The first kappa shape index (κ1) is 15.5. The Kier molecular flexibility index (Phi) is 4.94. The highest BCUT2D eigenvalue weighted by Gasteiger charge is 2.10. The molecule has 6 heteroatoms. The molecule has 0 aromatic heterocycles. The second kappa shape index (κ2) is 6.70. The molecule has 0 radical (unpaired) electrons. The van der Waals surface area contributed by atoms with Crippen LogP contribution in [-0.2, 0) is 4.79 Å². The van der Waals surface area contributed by atoms with Crippen LogP contribution in [-0.4, -0.2) is 12.0 Å². The van der Waals surface area contributed by atoms with E-state index in [1.54, 1.807) is 49.4 Å². The van der Waals surface area contributed by atoms with Gasteiger partial charge in [0.15, 0.2) is 6.10 Å². The molecule has 2 rings (SSSR count). The molecule has 0 fully saturated rings. The summed E-state index contributed by atoms with van der Waals surface area (Å²) >= 11 is 11.8. The number of carbonyl (C=O) groups excluding carboxylic acids is 1. The number of halogens is 2. The lowest BCUT2D eigenvalue weighted by atomic mass is 10.3. The molecule has 2 aromatic carbocycles. The summed E-state index contributed by atoms with van der Waals surface area (Å²) in [5.74, 6) is 1.08. The van der Waals surface area contributed by atoms with Gasteiger partial charge in [-0.1, -0.05) is 23.2 Å². The van der Waals surface area contributed by atoms with Gasteiger partial charge in [0.25, 0.3) is 5.91 Å². The molecule has 1 amide bonds. The third-order valence-corrected chi connectivity index (χ3v) is 3.19. The van der Waals surface area contributed by atoms with Gasteiger partial charge in [-0.3, -0.25) is 4.79 Å². The zero-order valence-corrected chi connectivity index (χ0v) is 12.7. The van der Waals surface area contributed by atoms with Crippen LogP contribution in [0.2, 0.25) is 10.0 Å². The lowest BCUT2D eigenvalue weighted by molar-refractivity contribution is -0.123. The van der Waals surface area contributed by atoms with Gasteiger partial charge in [0, 0.05) is 5.02 Å². The molecule has 0 aliphatic carbocycles. The maximum atomic E-state index is 10.9. The molecule has 2 aromatic rings. The second-order valence-electron chi connectivity index (χ2n) is 4.31. The molecule has 1 unspecified atom stereocenters. The number of primary amides is 1. The van der Waals surface area contributed by atoms with Crippen LogP contribution in [0.3, 0.4) is 0 Å². The fourth-order valence-corrected chi connectivity index (χ4v) is 1.98. The van der Waals surface area contributed by atoms with Crippen LogP contribution in [0.25, 0.3) is 0 Å². The summed E-state index contributed by atoms with van der Waals surface area (Å²) < 4.78 is 11.0. The van der Waals surface area contributed by atoms with E-state index in [-0.39, 0.29) is 0 Å². The molecule has 0 bridgehead atoms. The molecule has 0 aliphatic rings. The number of rotatable bonds is 5. The molecule has 2 N–H and O–H groups in total. The largest absolute Gasteiger partial charge is 0.481 e. The van der Waals surface area contributed by atoms with Crippen molar-refractivity contribution in [1.82, 2.24) is 0 Å². The molecule has 21 heavy (non-hydrogen) atoms. The first-order chi connectivity index (χ1) is 9.95. The molecule has 1 atom stereocenters. The van der Waals surface area contributed by atoms with Gasteiger partial charge in [-0.2, -0.15) is 0 Å². The van der Waals surface area contributed by atoms with E-state index in [0.717, 1.165) is 0 Å². The quantitative estimate of drug-likeness (QED) is 0.902. The van der Waals surface area contributed by atoms with E-state index in [9.17, 15) is 4.79 Å². The minimum atomic E-state index is -0.692. The van der Waals surface area contributed by atoms with Crippen LogP contribution >= 0.6 is 23.2 Å². The molecule has 4 nitrogen and oxygen atoms in total. The normalized spacial score (nSPS) is 11.8. The Morgan fingerprint density at radius 1 is 1.10 bits per heavy atom. The zero-order chi connectivity index (χ0) is 15.4. The van der Waals surface area contributed by atoms with Crippen LogP contribution in [0, 0.1) is 0 Å². The van der Waals surface area contributed by atoms with E-state index in [1.807, 2.05) is 0 Å². The smallest absolute Gasteiger partial charge is 0.258 e. The summed E-state index contributed by atoms with van der Waals surface area (Å²) in [7, 11) is 0. The average molecular weight is 326 g/mol. The van der Waals surface area contributed by atoms with Crippen molar-refractivity contribution in [2.75, 3.05) is 0 Å². The zero-order valence-electron chi connectivity index (χ0n) is 11.2. The standard InChI is InChI=1S/C15H13Cl2NO3/c1-9(15(18)19)20-11-3-5-12(6-4-11)21-14-7-2-10(16)8-13(14)17/h2-9H,1H3,(H2,18,19). The molecule has 0 heterocycles. The van der Waals surface area contributed by atoms with Gasteiger partial charge in [-0.05, 0) is 49.4 Å². The van der Waals surface area contributed by atoms with Crippen LogP contribution in [0.4, 0.5) is 0 Å². The number of carbonyl (C=O) groups is 1. The Hall–Kier alpha value is -1.91. The third-order valence-electron chi connectivity index (χ3n) is 2.66. The number of ether oxygens (including phenoxy) is 2. The van der Waals surface area contributed by atoms with Crippen molar-refractivity contribution < 1.29 is 14.3 Å². The van der Waals surface area contributed by atoms with E-state index < -0.39 is 12.0 Å². The highest BCUT2D eigenvalue weighted by molar-refractivity contribution is 6.35. The maximum absolute atomic E-state index is 10.9. The summed E-state index contributed by atoms with van der Waals surface area (Å²) in [5, 5.41) is 0.960. The number of hydrogen-bond acceptors (Lipinski definition) is 3. The van der Waals surface area contributed by atoms with Gasteiger partial charge in [0.2, 0.25) is 0 Å². The fourth-order valence-electron chi connectivity index (χ4n) is 1.53. The van der Waals surface area contributed by atoms with Crippen molar-refractivity contribution in [2.45, 2.75) is 13.0 Å². The SMILES string of the molecule is CC(Oc1ccc(Oc2ccc(Cl)cc2Cl)cc1)C(N)=O. The van der Waals surface area contributed by atoms with Crippen LogP contribution in [0.5, 0.6) is 17.2 Å². The van der Waals surface area contributed by atoms with Gasteiger partial charge < -0.3 is 15.2 Å². The predicted molar refractivity (Wildman–Crippen MR) is 82.3 cm³/mol. The third kappa shape index (κ3) is 4.28. The van der Waals surface area contributed by atoms with E-state index in [0.29, 0.717) is 27.3 Å². The maximum Gasteiger partial charge on any atom is 0.258 e. The van der Waals surface area contributed by atoms with Crippen LogP contribution < -0.4 is 15.2 Å². The lowest BCUT2D eigenvalue weighted by Crippen LogP contribution is -2.30. The lowest BCUT2D eigenvalue weighted by Gasteiger charge is -2.12. The molecule has 0 saturated heterocycles. The van der Waals surface area contributed by atoms with Gasteiger partial charge in [-0.25, -0.2) is 0 Å². The van der Waals surface area contributed by atoms with Crippen molar-refractivity contribution in [3.8, 4) is 17.2 Å². The van der Waals surface area contributed by atoms with Gasteiger partial charge in [0.05, 0.1) is 5.02 Å². The van der Waals surface area contributed by atoms with Crippen molar-refractivity contribution in [3.05, 3.63) is 52.5 Å². The first-order valence-corrected chi connectivity index (χ1v) is 6.90. The fraction of sp³-hybridized carbons (Fsp3) is 0.133. The summed E-state index contributed by atoms with van der Waals surface area (Å²) in [6.45, 7) is 1.58. The molecule has 0 saturated carbocycles. The minimum absolute atomic E-state index is 0.421. The summed E-state index contributed by atoms with van der Waals surface area (Å²) in [5.41, 5.74) is 5.13. The number of hydrogen-bond donors (Lipinski definition) is 1. The molecular weight excluding hydrogens is 313 g/mol. The summed E-state index contributed by atoms with van der Waals surface area (Å²) in [6.07, 6.45) is -0.692. The molecule has 0 spiro atoms. The van der Waals surface area contributed by atoms with Gasteiger partial charge >= 0.3 is 0 Å². The van der Waals surface area contributed by atoms with Crippen molar-refractivity contribution in [3.63, 3.8) is 0 Å². The highest BCUT2D eigenvalue weighted by atomic mass is 35.5. The van der Waals surface area contributed by atoms with Crippen LogP contribution in [0.15, 0.2) is 42.5 Å². The Morgan fingerprint density at radius 3 is 2.29 bits per heavy atom. The Morgan fingerprint density at radius 2 is 1.71 bits per heavy atom.